The van der Waals surface area contributed by atoms with Crippen LogP contribution in [0.2, 0.25) is 0 Å². The Balaban J connectivity index is 2.07. The van der Waals surface area contributed by atoms with Crippen molar-refractivity contribution in [2.24, 2.45) is 5.73 Å². The topological polar surface area (TPSA) is 54.7 Å². The Hall–Kier alpha value is -2.13. The van der Waals surface area contributed by atoms with E-state index in [2.05, 4.69) is 53.3 Å². The third-order valence-corrected chi connectivity index (χ3v) is 3.51. The molecule has 3 N–H and O–H groups in total. The number of nitrogens with two attached hydrogens (primary N) is 1. The van der Waals surface area contributed by atoms with E-state index >= 15 is 0 Å². The summed E-state index contributed by atoms with van der Waals surface area (Å²) in [4.78, 5) is 7.48. The highest BCUT2D eigenvalue weighted by Gasteiger charge is 2.14. The number of hydrogen-bond donors (Lipinski definition) is 2. The van der Waals surface area contributed by atoms with Crippen molar-refractivity contribution >= 4 is 10.8 Å². The van der Waals surface area contributed by atoms with Crippen molar-refractivity contribution in [1.82, 2.24) is 9.97 Å². The van der Waals surface area contributed by atoms with Crippen molar-refractivity contribution in [3.63, 3.8) is 0 Å². The van der Waals surface area contributed by atoms with Crippen LogP contribution in [0.3, 0.4) is 0 Å². The van der Waals surface area contributed by atoms with Gasteiger partial charge in [0.15, 0.2) is 0 Å². The van der Waals surface area contributed by atoms with Gasteiger partial charge in [-0.25, -0.2) is 4.98 Å². The summed E-state index contributed by atoms with van der Waals surface area (Å²) in [7, 11) is 0. The molecule has 0 aliphatic rings. The highest BCUT2D eigenvalue weighted by atomic mass is 14.9. The Kier molecular flexibility index (Phi) is 3.05. The van der Waals surface area contributed by atoms with Gasteiger partial charge in [0.1, 0.15) is 5.82 Å². The summed E-state index contributed by atoms with van der Waals surface area (Å²) in [6.45, 7) is 2.66. The second-order valence-electron chi connectivity index (χ2n) is 4.87. The first kappa shape index (κ1) is 11.9. The van der Waals surface area contributed by atoms with Gasteiger partial charge in [-0.05, 0) is 23.3 Å². The standard InChI is InChI=1S/C16H17N3/c1-11-2-3-13-9-14(5-4-12(13)8-11)15(10-17)16-18-6-7-19-16/h2-9,15H,10,17H2,1H3,(H,18,19). The van der Waals surface area contributed by atoms with Crippen LogP contribution in [0.4, 0.5) is 0 Å². The van der Waals surface area contributed by atoms with Gasteiger partial charge >= 0.3 is 0 Å². The molecule has 96 valence electrons. The minimum atomic E-state index is 0.126. The molecule has 0 saturated carbocycles. The molecule has 1 heterocycles. The highest BCUT2D eigenvalue weighted by molar-refractivity contribution is 5.84. The third kappa shape index (κ3) is 2.25. The first-order valence-corrected chi connectivity index (χ1v) is 6.47. The largest absolute Gasteiger partial charge is 0.348 e. The van der Waals surface area contributed by atoms with E-state index in [9.17, 15) is 0 Å². The summed E-state index contributed by atoms with van der Waals surface area (Å²) in [5.74, 6) is 1.05. The Labute approximate surface area is 112 Å². The maximum absolute atomic E-state index is 5.90. The van der Waals surface area contributed by atoms with Crippen LogP contribution in [0.1, 0.15) is 22.9 Å². The monoisotopic (exact) mass is 251 g/mol. The van der Waals surface area contributed by atoms with Gasteiger partial charge in [0.25, 0.3) is 0 Å². The van der Waals surface area contributed by atoms with Crippen molar-refractivity contribution in [2.75, 3.05) is 6.54 Å². The van der Waals surface area contributed by atoms with Gasteiger partial charge < -0.3 is 10.7 Å². The number of fused-ring (bicyclic) bond motifs is 1. The summed E-state index contributed by atoms with van der Waals surface area (Å²) < 4.78 is 0. The lowest BCUT2D eigenvalue weighted by atomic mass is 9.95. The SMILES string of the molecule is Cc1ccc2cc(C(CN)c3ncc[nH]3)ccc2c1. The van der Waals surface area contributed by atoms with Gasteiger partial charge in [-0.1, -0.05) is 42.0 Å². The van der Waals surface area contributed by atoms with Crippen LogP contribution in [0.15, 0.2) is 48.8 Å². The molecule has 0 radical (unpaired) electrons. The fourth-order valence-corrected chi connectivity index (χ4v) is 2.47. The Morgan fingerprint density at radius 3 is 2.68 bits per heavy atom. The summed E-state index contributed by atoms with van der Waals surface area (Å²) in [5.41, 5.74) is 8.39. The van der Waals surface area contributed by atoms with Gasteiger partial charge in [0, 0.05) is 18.9 Å². The van der Waals surface area contributed by atoms with Crippen molar-refractivity contribution in [3.05, 3.63) is 65.7 Å². The highest BCUT2D eigenvalue weighted by Crippen LogP contribution is 2.25. The van der Waals surface area contributed by atoms with E-state index in [-0.39, 0.29) is 5.92 Å². The second kappa shape index (κ2) is 4.86. The van der Waals surface area contributed by atoms with E-state index in [0.29, 0.717) is 6.54 Å². The molecular formula is C16H17N3. The van der Waals surface area contributed by atoms with Crippen molar-refractivity contribution in [2.45, 2.75) is 12.8 Å². The number of hydrogen-bond acceptors (Lipinski definition) is 2. The molecule has 0 aliphatic heterocycles. The zero-order valence-electron chi connectivity index (χ0n) is 10.9. The van der Waals surface area contributed by atoms with E-state index < -0.39 is 0 Å². The molecule has 3 heteroatoms. The van der Waals surface area contributed by atoms with Crippen LogP contribution in [0, 0.1) is 6.92 Å². The average Bonchev–Trinajstić information content (AvgIpc) is 2.93. The molecule has 1 atom stereocenters. The van der Waals surface area contributed by atoms with Gasteiger partial charge in [-0.2, -0.15) is 0 Å². The maximum atomic E-state index is 5.90. The molecule has 0 fully saturated rings. The van der Waals surface area contributed by atoms with Gasteiger partial charge in [-0.3, -0.25) is 0 Å². The quantitative estimate of drug-likeness (QED) is 0.752. The zero-order valence-corrected chi connectivity index (χ0v) is 10.9. The van der Waals surface area contributed by atoms with Gasteiger partial charge in [0.2, 0.25) is 0 Å². The van der Waals surface area contributed by atoms with E-state index in [0.717, 1.165) is 5.82 Å². The Morgan fingerprint density at radius 2 is 1.95 bits per heavy atom. The second-order valence-corrected chi connectivity index (χ2v) is 4.87. The third-order valence-electron chi connectivity index (χ3n) is 3.51. The van der Waals surface area contributed by atoms with E-state index in [4.69, 9.17) is 5.73 Å². The number of nitrogens with zero attached hydrogens (tertiary/aromatic N) is 1. The average molecular weight is 251 g/mol. The number of nitrogens with one attached hydrogen (secondary N) is 1. The summed E-state index contributed by atoms with van der Waals surface area (Å²) in [5, 5.41) is 2.51. The summed E-state index contributed by atoms with van der Waals surface area (Å²) in [6.07, 6.45) is 3.60. The van der Waals surface area contributed by atoms with E-state index in [1.807, 2.05) is 6.20 Å². The van der Waals surface area contributed by atoms with Crippen LogP contribution in [0.25, 0.3) is 10.8 Å². The lowest BCUT2D eigenvalue weighted by molar-refractivity contribution is 0.766. The zero-order chi connectivity index (χ0) is 13.2. The van der Waals surface area contributed by atoms with Crippen LogP contribution in [-0.4, -0.2) is 16.5 Å². The first-order valence-electron chi connectivity index (χ1n) is 6.47. The number of aryl methyl sites for hydroxylation is 1. The molecule has 3 aromatic rings. The predicted octanol–water partition coefficient (Wildman–Crippen LogP) is 2.96. The predicted molar refractivity (Wildman–Crippen MR) is 78.2 cm³/mol. The molecule has 1 aromatic heterocycles. The molecular weight excluding hydrogens is 234 g/mol. The molecule has 0 spiro atoms. The minimum Gasteiger partial charge on any atom is -0.348 e. The molecule has 2 aromatic carbocycles. The van der Waals surface area contributed by atoms with Gasteiger partial charge in [0.05, 0.1) is 5.92 Å². The fourth-order valence-electron chi connectivity index (χ4n) is 2.47. The number of imidazole rings is 1. The normalized spacial score (nSPS) is 12.7. The lowest BCUT2D eigenvalue weighted by Gasteiger charge is -2.13. The number of aromatic nitrogens is 2. The molecule has 0 saturated heterocycles. The van der Waals surface area contributed by atoms with E-state index in [1.54, 1.807) is 6.20 Å². The first-order chi connectivity index (χ1) is 9.28. The molecule has 3 nitrogen and oxygen atoms in total. The van der Waals surface area contributed by atoms with Gasteiger partial charge in [-0.15, -0.1) is 0 Å². The maximum Gasteiger partial charge on any atom is 0.114 e. The number of H-pyrrole nitrogens is 1. The van der Waals surface area contributed by atoms with Crippen LogP contribution < -0.4 is 5.73 Å². The fraction of sp³-hybridized carbons (Fsp3) is 0.188. The van der Waals surface area contributed by atoms with Crippen LogP contribution >= 0.6 is 0 Å². The Bertz CT molecular complexity index is 686. The van der Waals surface area contributed by atoms with Crippen LogP contribution in [-0.2, 0) is 0 Å². The molecule has 0 amide bonds. The van der Waals surface area contributed by atoms with Crippen molar-refractivity contribution in [3.8, 4) is 0 Å². The Morgan fingerprint density at radius 1 is 1.16 bits per heavy atom. The van der Waals surface area contributed by atoms with Crippen LogP contribution in [0.5, 0.6) is 0 Å². The van der Waals surface area contributed by atoms with Crippen molar-refractivity contribution < 1.29 is 0 Å². The molecule has 19 heavy (non-hydrogen) atoms. The number of benzene rings is 2. The lowest BCUT2D eigenvalue weighted by Crippen LogP contribution is -2.15. The molecule has 3 rings (SSSR count). The molecule has 0 aliphatic carbocycles. The summed E-state index contributed by atoms with van der Waals surface area (Å²) in [6, 6.07) is 13.0. The van der Waals surface area contributed by atoms with Crippen molar-refractivity contribution in [1.29, 1.82) is 0 Å². The molecule has 1 unspecified atom stereocenters. The number of aromatic amines is 1. The summed E-state index contributed by atoms with van der Waals surface area (Å²) >= 11 is 0. The molecule has 0 bridgehead atoms. The van der Waals surface area contributed by atoms with E-state index in [1.165, 1.54) is 21.9 Å². The minimum absolute atomic E-state index is 0.126. The number of rotatable bonds is 3. The smallest absolute Gasteiger partial charge is 0.114 e.